The van der Waals surface area contributed by atoms with Crippen molar-refractivity contribution in [2.45, 2.75) is 13.3 Å². The minimum Gasteiger partial charge on any atom is -0.369 e. The molecule has 0 fully saturated rings. The Bertz CT molecular complexity index is 732. The number of benzene rings is 1. The Morgan fingerprint density at radius 2 is 1.95 bits per heavy atom. The lowest BCUT2D eigenvalue weighted by Crippen LogP contribution is -2.07. The zero-order valence-corrected chi connectivity index (χ0v) is 11.7. The first-order valence-corrected chi connectivity index (χ1v) is 6.73. The third-order valence-corrected chi connectivity index (χ3v) is 3.32. The van der Waals surface area contributed by atoms with Gasteiger partial charge in [0.15, 0.2) is 0 Å². The number of rotatable bonds is 4. The second-order valence-corrected chi connectivity index (χ2v) is 4.63. The fourth-order valence-corrected chi connectivity index (χ4v) is 2.31. The van der Waals surface area contributed by atoms with Gasteiger partial charge in [-0.2, -0.15) is 0 Å². The average Bonchev–Trinajstić information content (AvgIpc) is 2.79. The van der Waals surface area contributed by atoms with Gasteiger partial charge in [-0.1, -0.05) is 12.1 Å². The molecule has 5 nitrogen and oxygen atoms in total. The van der Waals surface area contributed by atoms with Crippen LogP contribution in [-0.4, -0.2) is 26.1 Å². The molecule has 102 valence electrons. The number of fused-ring (bicyclic) bond motifs is 1. The zero-order valence-electron chi connectivity index (χ0n) is 11.7. The largest absolute Gasteiger partial charge is 0.369 e. The van der Waals surface area contributed by atoms with Gasteiger partial charge in [-0.3, -0.25) is 4.98 Å². The first kappa shape index (κ1) is 12.6. The summed E-state index contributed by atoms with van der Waals surface area (Å²) in [6, 6.07) is 8.14. The van der Waals surface area contributed by atoms with E-state index >= 15 is 0 Å². The molecule has 0 saturated carbocycles. The molecule has 0 unspecified atom stereocenters. The average molecular weight is 267 g/mol. The van der Waals surface area contributed by atoms with Gasteiger partial charge in [0.2, 0.25) is 0 Å². The van der Waals surface area contributed by atoms with Gasteiger partial charge in [-0.05, 0) is 19.1 Å². The van der Waals surface area contributed by atoms with Gasteiger partial charge in [0.25, 0.3) is 0 Å². The summed E-state index contributed by atoms with van der Waals surface area (Å²) >= 11 is 0. The summed E-state index contributed by atoms with van der Waals surface area (Å²) in [7, 11) is 2.04. The van der Waals surface area contributed by atoms with E-state index in [-0.39, 0.29) is 0 Å². The maximum atomic E-state index is 4.68. The van der Waals surface area contributed by atoms with E-state index in [0.29, 0.717) is 6.42 Å². The molecule has 2 heterocycles. The SMILES string of the molecule is CCNc1nccnc1Cc1nc2ccccc2n1C. The van der Waals surface area contributed by atoms with E-state index in [4.69, 9.17) is 0 Å². The Morgan fingerprint density at radius 3 is 2.75 bits per heavy atom. The number of nitrogens with one attached hydrogen (secondary N) is 1. The molecule has 1 N–H and O–H groups in total. The zero-order chi connectivity index (χ0) is 13.9. The second-order valence-electron chi connectivity index (χ2n) is 4.63. The maximum absolute atomic E-state index is 4.68. The third-order valence-electron chi connectivity index (χ3n) is 3.32. The van der Waals surface area contributed by atoms with Gasteiger partial charge in [0.05, 0.1) is 23.1 Å². The lowest BCUT2D eigenvalue weighted by Gasteiger charge is -2.08. The number of nitrogens with zero attached hydrogens (tertiary/aromatic N) is 4. The topological polar surface area (TPSA) is 55.6 Å². The predicted molar refractivity (Wildman–Crippen MR) is 79.7 cm³/mol. The van der Waals surface area contributed by atoms with Crippen LogP contribution in [0.1, 0.15) is 18.4 Å². The van der Waals surface area contributed by atoms with Crippen molar-refractivity contribution >= 4 is 16.9 Å². The Hall–Kier alpha value is -2.43. The van der Waals surface area contributed by atoms with Crippen LogP contribution in [0.5, 0.6) is 0 Å². The van der Waals surface area contributed by atoms with E-state index < -0.39 is 0 Å². The molecule has 0 aliphatic heterocycles. The van der Waals surface area contributed by atoms with E-state index in [1.54, 1.807) is 12.4 Å². The lowest BCUT2D eigenvalue weighted by molar-refractivity contribution is 0.828. The minimum atomic E-state index is 0.668. The highest BCUT2D eigenvalue weighted by Crippen LogP contribution is 2.18. The van der Waals surface area contributed by atoms with Crippen LogP contribution >= 0.6 is 0 Å². The fraction of sp³-hybridized carbons (Fsp3) is 0.267. The van der Waals surface area contributed by atoms with Crippen LogP contribution in [0.25, 0.3) is 11.0 Å². The number of aryl methyl sites for hydroxylation is 1. The number of para-hydroxylation sites is 2. The van der Waals surface area contributed by atoms with Gasteiger partial charge < -0.3 is 9.88 Å². The first-order valence-electron chi connectivity index (χ1n) is 6.73. The molecule has 0 saturated heterocycles. The number of hydrogen-bond acceptors (Lipinski definition) is 4. The standard InChI is InChI=1S/C15H17N5/c1-3-16-15-12(17-8-9-18-15)10-14-19-11-6-4-5-7-13(11)20(14)2/h4-9H,3,10H2,1-2H3,(H,16,18). The van der Waals surface area contributed by atoms with Crippen molar-refractivity contribution in [3.8, 4) is 0 Å². The van der Waals surface area contributed by atoms with Crippen molar-refractivity contribution in [3.63, 3.8) is 0 Å². The minimum absolute atomic E-state index is 0.668. The number of anilines is 1. The smallest absolute Gasteiger partial charge is 0.148 e. The van der Waals surface area contributed by atoms with Crippen molar-refractivity contribution in [1.29, 1.82) is 0 Å². The highest BCUT2D eigenvalue weighted by atomic mass is 15.1. The number of imidazole rings is 1. The molecule has 0 bridgehead atoms. The van der Waals surface area contributed by atoms with E-state index in [9.17, 15) is 0 Å². The summed E-state index contributed by atoms with van der Waals surface area (Å²) in [5.41, 5.74) is 3.07. The van der Waals surface area contributed by atoms with E-state index in [1.165, 1.54) is 0 Å². The highest BCUT2D eigenvalue weighted by molar-refractivity contribution is 5.75. The Morgan fingerprint density at radius 1 is 1.15 bits per heavy atom. The van der Waals surface area contributed by atoms with Gasteiger partial charge in [0, 0.05) is 26.0 Å². The summed E-state index contributed by atoms with van der Waals surface area (Å²) in [5.74, 6) is 1.83. The van der Waals surface area contributed by atoms with Crippen LogP contribution < -0.4 is 5.32 Å². The molecule has 0 aliphatic carbocycles. The van der Waals surface area contributed by atoms with Gasteiger partial charge in [-0.25, -0.2) is 9.97 Å². The molecule has 20 heavy (non-hydrogen) atoms. The summed E-state index contributed by atoms with van der Waals surface area (Å²) in [6.45, 7) is 2.88. The molecular weight excluding hydrogens is 250 g/mol. The van der Waals surface area contributed by atoms with Crippen LogP contribution in [-0.2, 0) is 13.5 Å². The van der Waals surface area contributed by atoms with Gasteiger partial charge >= 0.3 is 0 Å². The number of aromatic nitrogens is 4. The lowest BCUT2D eigenvalue weighted by atomic mass is 10.3. The molecule has 0 atom stereocenters. The number of hydrogen-bond donors (Lipinski definition) is 1. The van der Waals surface area contributed by atoms with Crippen LogP contribution in [0.4, 0.5) is 5.82 Å². The molecule has 0 amide bonds. The summed E-state index contributed by atoms with van der Waals surface area (Å²) in [5, 5.41) is 3.24. The van der Waals surface area contributed by atoms with Crippen molar-refractivity contribution in [2.24, 2.45) is 7.05 Å². The van der Waals surface area contributed by atoms with Gasteiger partial charge in [0.1, 0.15) is 11.6 Å². The van der Waals surface area contributed by atoms with Crippen LogP contribution in [0.2, 0.25) is 0 Å². The first-order chi connectivity index (χ1) is 9.79. The Balaban J connectivity index is 1.99. The van der Waals surface area contributed by atoms with E-state index in [0.717, 1.165) is 34.9 Å². The molecular formula is C15H17N5. The summed E-state index contributed by atoms with van der Waals surface area (Å²) in [4.78, 5) is 13.4. The van der Waals surface area contributed by atoms with Crippen molar-refractivity contribution in [1.82, 2.24) is 19.5 Å². The molecule has 1 aromatic carbocycles. The Kier molecular flexibility index (Phi) is 3.33. The van der Waals surface area contributed by atoms with Crippen LogP contribution in [0, 0.1) is 0 Å². The maximum Gasteiger partial charge on any atom is 0.148 e. The molecule has 0 aliphatic rings. The Labute approximate surface area is 117 Å². The predicted octanol–water partition coefficient (Wildman–Crippen LogP) is 2.39. The molecule has 3 aromatic rings. The third kappa shape index (κ3) is 2.22. The van der Waals surface area contributed by atoms with Crippen LogP contribution in [0.15, 0.2) is 36.7 Å². The fourth-order valence-electron chi connectivity index (χ4n) is 2.31. The molecule has 0 spiro atoms. The van der Waals surface area contributed by atoms with E-state index in [1.807, 2.05) is 32.2 Å². The second kappa shape index (κ2) is 5.28. The van der Waals surface area contributed by atoms with Crippen molar-refractivity contribution in [3.05, 3.63) is 48.2 Å². The molecule has 3 rings (SSSR count). The summed E-state index contributed by atoms with van der Waals surface area (Å²) in [6.07, 6.45) is 4.09. The highest BCUT2D eigenvalue weighted by Gasteiger charge is 2.11. The monoisotopic (exact) mass is 267 g/mol. The normalized spacial score (nSPS) is 10.9. The molecule has 0 radical (unpaired) electrons. The van der Waals surface area contributed by atoms with Crippen molar-refractivity contribution < 1.29 is 0 Å². The van der Waals surface area contributed by atoms with Crippen molar-refractivity contribution in [2.75, 3.05) is 11.9 Å². The van der Waals surface area contributed by atoms with Crippen LogP contribution in [0.3, 0.4) is 0 Å². The molecule has 5 heteroatoms. The summed E-state index contributed by atoms with van der Waals surface area (Å²) < 4.78 is 2.11. The van der Waals surface area contributed by atoms with Gasteiger partial charge in [-0.15, -0.1) is 0 Å². The quantitative estimate of drug-likeness (QED) is 0.788. The van der Waals surface area contributed by atoms with E-state index in [2.05, 4.69) is 30.9 Å². The molecule has 2 aromatic heterocycles.